The first-order valence-electron chi connectivity index (χ1n) is 6.08. The van der Waals surface area contributed by atoms with Crippen LogP contribution >= 0.6 is 0 Å². The van der Waals surface area contributed by atoms with Gasteiger partial charge in [-0.25, -0.2) is 0 Å². The molecule has 2 aromatic rings. The van der Waals surface area contributed by atoms with E-state index in [0.717, 1.165) is 0 Å². The molecule has 0 aliphatic heterocycles. The fraction of sp³-hybridized carbons (Fsp3) is 0.143. The summed E-state index contributed by atoms with van der Waals surface area (Å²) in [5, 5.41) is 2.20. The highest BCUT2D eigenvalue weighted by Gasteiger charge is 2.37. The van der Waals surface area contributed by atoms with Crippen LogP contribution in [-0.2, 0) is 12.4 Å². The number of aromatic nitrogens is 1. The van der Waals surface area contributed by atoms with Gasteiger partial charge in [0.15, 0.2) is 0 Å². The van der Waals surface area contributed by atoms with E-state index >= 15 is 0 Å². The van der Waals surface area contributed by atoms with E-state index < -0.39 is 35.0 Å². The summed E-state index contributed by atoms with van der Waals surface area (Å²) in [5.41, 5.74) is -3.65. The zero-order valence-corrected chi connectivity index (χ0v) is 11.2. The van der Waals surface area contributed by atoms with Gasteiger partial charge in [0.1, 0.15) is 0 Å². The van der Waals surface area contributed by atoms with E-state index in [4.69, 9.17) is 0 Å². The first kappa shape index (κ1) is 16.8. The minimum absolute atomic E-state index is 0.0385. The van der Waals surface area contributed by atoms with E-state index in [1.165, 1.54) is 24.5 Å². The van der Waals surface area contributed by atoms with Crippen LogP contribution in [0.2, 0.25) is 0 Å². The fourth-order valence-electron chi connectivity index (χ4n) is 1.72. The Morgan fingerprint density at radius 3 is 1.78 bits per heavy atom. The number of carbonyl (C=O) groups is 1. The van der Waals surface area contributed by atoms with Gasteiger partial charge in [-0.3, -0.25) is 9.78 Å². The minimum Gasteiger partial charge on any atom is -0.322 e. The van der Waals surface area contributed by atoms with E-state index in [2.05, 4.69) is 10.3 Å². The highest BCUT2D eigenvalue weighted by Crippen LogP contribution is 2.36. The SMILES string of the molecule is O=C(Nc1ccncc1)c1cc(C(F)(F)F)cc(C(F)(F)F)c1. The molecule has 3 nitrogen and oxygen atoms in total. The Morgan fingerprint density at radius 2 is 1.35 bits per heavy atom. The van der Waals surface area contributed by atoms with Crippen molar-refractivity contribution in [3.63, 3.8) is 0 Å². The molecule has 0 radical (unpaired) electrons. The van der Waals surface area contributed by atoms with Crippen LogP contribution in [0.25, 0.3) is 0 Å². The van der Waals surface area contributed by atoms with E-state index in [1.807, 2.05) is 0 Å². The number of rotatable bonds is 2. The lowest BCUT2D eigenvalue weighted by atomic mass is 10.0. The summed E-state index contributed by atoms with van der Waals surface area (Å²) < 4.78 is 76.3. The molecular weight excluding hydrogens is 326 g/mol. The number of pyridine rings is 1. The summed E-state index contributed by atoms with van der Waals surface area (Å²) in [7, 11) is 0. The predicted octanol–water partition coefficient (Wildman–Crippen LogP) is 4.37. The summed E-state index contributed by atoms with van der Waals surface area (Å²) >= 11 is 0. The molecule has 0 spiro atoms. The molecule has 0 bridgehead atoms. The average molecular weight is 334 g/mol. The minimum atomic E-state index is -5.01. The maximum Gasteiger partial charge on any atom is 0.416 e. The van der Waals surface area contributed by atoms with Gasteiger partial charge < -0.3 is 5.32 Å². The number of nitrogens with zero attached hydrogens (tertiary/aromatic N) is 1. The Kier molecular flexibility index (Phi) is 4.31. The molecule has 1 N–H and O–H groups in total. The van der Waals surface area contributed by atoms with Crippen molar-refractivity contribution in [2.45, 2.75) is 12.4 Å². The maximum atomic E-state index is 12.7. The molecule has 9 heteroatoms. The van der Waals surface area contributed by atoms with E-state index in [-0.39, 0.29) is 11.8 Å². The van der Waals surface area contributed by atoms with Gasteiger partial charge in [-0.2, -0.15) is 26.3 Å². The molecule has 0 saturated carbocycles. The molecule has 0 unspecified atom stereocenters. The van der Waals surface area contributed by atoms with Gasteiger partial charge >= 0.3 is 12.4 Å². The van der Waals surface area contributed by atoms with Crippen LogP contribution < -0.4 is 5.32 Å². The molecule has 2 rings (SSSR count). The fourth-order valence-corrected chi connectivity index (χ4v) is 1.72. The van der Waals surface area contributed by atoms with E-state index in [9.17, 15) is 31.1 Å². The highest BCUT2D eigenvalue weighted by atomic mass is 19.4. The Bertz CT molecular complexity index is 677. The quantitative estimate of drug-likeness (QED) is 0.829. The van der Waals surface area contributed by atoms with Crippen molar-refractivity contribution in [3.05, 3.63) is 59.4 Å². The lowest BCUT2D eigenvalue weighted by Gasteiger charge is -2.14. The lowest BCUT2D eigenvalue weighted by molar-refractivity contribution is -0.143. The second-order valence-electron chi connectivity index (χ2n) is 4.48. The number of carbonyl (C=O) groups excluding carboxylic acids is 1. The molecule has 1 aromatic heterocycles. The van der Waals surface area contributed by atoms with Gasteiger partial charge in [0.25, 0.3) is 5.91 Å². The first-order chi connectivity index (χ1) is 10.6. The molecule has 0 aliphatic rings. The number of amides is 1. The topological polar surface area (TPSA) is 42.0 Å². The summed E-state index contributed by atoms with van der Waals surface area (Å²) in [6, 6.07) is 3.38. The molecule has 122 valence electrons. The molecule has 0 saturated heterocycles. The van der Waals surface area contributed by atoms with Gasteiger partial charge in [-0.1, -0.05) is 0 Å². The van der Waals surface area contributed by atoms with Crippen LogP contribution in [0.3, 0.4) is 0 Å². The van der Waals surface area contributed by atoms with Crippen molar-refractivity contribution >= 4 is 11.6 Å². The second-order valence-corrected chi connectivity index (χ2v) is 4.48. The van der Waals surface area contributed by atoms with E-state index in [1.54, 1.807) is 0 Å². The number of nitrogens with one attached hydrogen (secondary N) is 1. The lowest BCUT2D eigenvalue weighted by Crippen LogP contribution is -2.17. The molecule has 0 fully saturated rings. The van der Waals surface area contributed by atoms with Crippen LogP contribution in [0.5, 0.6) is 0 Å². The van der Waals surface area contributed by atoms with Crippen LogP contribution in [0.4, 0.5) is 32.0 Å². The van der Waals surface area contributed by atoms with Crippen molar-refractivity contribution in [3.8, 4) is 0 Å². The van der Waals surface area contributed by atoms with Crippen molar-refractivity contribution in [2.24, 2.45) is 0 Å². The van der Waals surface area contributed by atoms with E-state index in [0.29, 0.717) is 12.1 Å². The normalized spacial score (nSPS) is 12.1. The van der Waals surface area contributed by atoms with Crippen LogP contribution in [-0.4, -0.2) is 10.9 Å². The molecule has 0 aliphatic carbocycles. The van der Waals surface area contributed by atoms with Crippen molar-refractivity contribution < 1.29 is 31.1 Å². The van der Waals surface area contributed by atoms with Crippen molar-refractivity contribution in [1.29, 1.82) is 0 Å². The Labute approximate surface area is 126 Å². The van der Waals surface area contributed by atoms with Crippen molar-refractivity contribution in [1.82, 2.24) is 4.98 Å². The standard InChI is InChI=1S/C14H8F6N2O/c15-13(16,17)9-5-8(6-10(7-9)14(18,19)20)12(23)22-11-1-3-21-4-2-11/h1-7H,(H,21,22,23). The molecular formula is C14H8F6N2O. The number of anilines is 1. The first-order valence-corrected chi connectivity index (χ1v) is 6.08. The Hall–Kier alpha value is -2.58. The van der Waals surface area contributed by atoms with Gasteiger partial charge in [0.05, 0.1) is 11.1 Å². The van der Waals surface area contributed by atoms with Crippen molar-refractivity contribution in [2.75, 3.05) is 5.32 Å². The largest absolute Gasteiger partial charge is 0.416 e. The number of alkyl halides is 6. The van der Waals surface area contributed by atoms with Crippen LogP contribution in [0, 0.1) is 0 Å². The Morgan fingerprint density at radius 1 is 0.870 bits per heavy atom. The third kappa shape index (κ3) is 4.21. The summed E-state index contributed by atoms with van der Waals surface area (Å²) in [6.45, 7) is 0. The summed E-state index contributed by atoms with van der Waals surface area (Å²) in [6.07, 6.45) is -7.40. The van der Waals surface area contributed by atoms with Crippen LogP contribution in [0.1, 0.15) is 21.5 Å². The average Bonchev–Trinajstić information content (AvgIpc) is 2.46. The number of benzene rings is 1. The third-order valence-corrected chi connectivity index (χ3v) is 2.79. The van der Waals surface area contributed by atoms with Crippen LogP contribution in [0.15, 0.2) is 42.7 Å². The van der Waals surface area contributed by atoms with Gasteiger partial charge in [0, 0.05) is 23.6 Å². The number of halogens is 6. The number of hydrogen-bond acceptors (Lipinski definition) is 2. The smallest absolute Gasteiger partial charge is 0.322 e. The molecule has 1 amide bonds. The second kappa shape index (κ2) is 5.90. The molecule has 1 aromatic carbocycles. The molecule has 0 atom stereocenters. The highest BCUT2D eigenvalue weighted by molar-refractivity contribution is 6.04. The predicted molar refractivity (Wildman–Crippen MR) is 68.6 cm³/mol. The summed E-state index contributed by atoms with van der Waals surface area (Å²) in [4.78, 5) is 15.6. The van der Waals surface area contributed by atoms with Gasteiger partial charge in [-0.15, -0.1) is 0 Å². The molecule has 1 heterocycles. The zero-order valence-electron chi connectivity index (χ0n) is 11.2. The summed E-state index contributed by atoms with van der Waals surface area (Å²) in [5.74, 6) is -1.09. The maximum absolute atomic E-state index is 12.7. The monoisotopic (exact) mass is 334 g/mol. The Balaban J connectivity index is 2.43. The zero-order chi connectivity index (χ0) is 17.3. The molecule has 23 heavy (non-hydrogen) atoms. The van der Waals surface area contributed by atoms with Gasteiger partial charge in [0.2, 0.25) is 0 Å². The number of hydrogen-bond donors (Lipinski definition) is 1. The van der Waals surface area contributed by atoms with Gasteiger partial charge in [-0.05, 0) is 30.3 Å². The third-order valence-electron chi connectivity index (χ3n) is 2.79.